The van der Waals surface area contributed by atoms with Crippen molar-refractivity contribution >= 4 is 12.0 Å². The molecule has 7 nitrogen and oxygen atoms in total. The maximum Gasteiger partial charge on any atom is 0.323 e. The summed E-state index contributed by atoms with van der Waals surface area (Å²) in [5, 5.41) is 10.3. The number of urea groups is 1. The van der Waals surface area contributed by atoms with Crippen LogP contribution in [0.15, 0.2) is 0 Å². The van der Waals surface area contributed by atoms with Gasteiger partial charge in [0.1, 0.15) is 0 Å². The highest BCUT2D eigenvalue weighted by Crippen LogP contribution is 1.80. The van der Waals surface area contributed by atoms with Gasteiger partial charge in [0.25, 0.3) is 6.41 Å². The van der Waals surface area contributed by atoms with Gasteiger partial charge < -0.3 is 21.3 Å². The molecule has 0 aromatic rings. The molecule has 0 rings (SSSR count). The molecule has 0 aromatic heterocycles. The number of carbonyl (C=O) groups is 2. The lowest BCUT2D eigenvalue weighted by molar-refractivity contribution is -0.168. The van der Waals surface area contributed by atoms with Gasteiger partial charge in [-0.2, -0.15) is 0 Å². The van der Waals surface area contributed by atoms with Crippen LogP contribution in [-0.4, -0.2) is 30.1 Å². The fraction of sp³-hybridized carbons (Fsp3) is 0.500. The van der Waals surface area contributed by atoms with E-state index in [1.54, 1.807) is 5.32 Å². The van der Waals surface area contributed by atoms with Crippen LogP contribution in [0.4, 0.5) is 4.79 Å². The average Bonchev–Trinajstić information content (AvgIpc) is 1.85. The molecule has 0 aliphatic rings. The molecule has 0 heterocycles. The zero-order chi connectivity index (χ0) is 8.85. The normalized spacial score (nSPS) is 11.8. The third kappa shape index (κ3) is 5.12. The first-order valence-electron chi connectivity index (χ1n) is 2.70. The standard InChI is InChI=1S/C4H9N3O4/c5-1-2(8)11-4(10)7-3(6)9/h4,10H,1,5H2,(H3,6,7,9). The van der Waals surface area contributed by atoms with E-state index < -0.39 is 18.4 Å². The van der Waals surface area contributed by atoms with E-state index in [0.717, 1.165) is 0 Å². The van der Waals surface area contributed by atoms with E-state index in [4.69, 9.17) is 10.8 Å². The van der Waals surface area contributed by atoms with Crippen molar-refractivity contribution in [1.82, 2.24) is 5.32 Å². The minimum atomic E-state index is -1.73. The first-order valence-corrected chi connectivity index (χ1v) is 2.70. The minimum Gasteiger partial charge on any atom is -0.415 e. The molecule has 0 fully saturated rings. The number of amides is 2. The SMILES string of the molecule is NCC(=O)OC(O)NC(N)=O. The second kappa shape index (κ2) is 4.47. The summed E-state index contributed by atoms with van der Waals surface area (Å²) in [7, 11) is 0. The van der Waals surface area contributed by atoms with E-state index in [-0.39, 0.29) is 6.54 Å². The molecule has 64 valence electrons. The summed E-state index contributed by atoms with van der Waals surface area (Å²) in [5.74, 6) is -0.841. The number of esters is 1. The molecular weight excluding hydrogens is 154 g/mol. The topological polar surface area (TPSA) is 128 Å². The maximum absolute atomic E-state index is 10.3. The lowest BCUT2D eigenvalue weighted by atomic mass is 10.7. The Morgan fingerprint density at radius 1 is 1.64 bits per heavy atom. The fourth-order valence-electron chi connectivity index (χ4n) is 0.324. The van der Waals surface area contributed by atoms with Crippen molar-refractivity contribution in [2.24, 2.45) is 11.5 Å². The number of primary amides is 1. The summed E-state index contributed by atoms with van der Waals surface area (Å²) >= 11 is 0. The van der Waals surface area contributed by atoms with Crippen molar-refractivity contribution in [2.75, 3.05) is 6.54 Å². The van der Waals surface area contributed by atoms with Crippen LogP contribution < -0.4 is 16.8 Å². The number of hydrogen-bond acceptors (Lipinski definition) is 5. The van der Waals surface area contributed by atoms with Crippen LogP contribution >= 0.6 is 0 Å². The number of nitrogens with two attached hydrogens (primary N) is 2. The molecule has 1 atom stereocenters. The van der Waals surface area contributed by atoms with Crippen LogP contribution in [0.5, 0.6) is 0 Å². The molecule has 0 radical (unpaired) electrons. The van der Waals surface area contributed by atoms with Crippen LogP contribution in [0.1, 0.15) is 0 Å². The second-order valence-electron chi connectivity index (χ2n) is 1.55. The summed E-state index contributed by atoms with van der Waals surface area (Å²) in [4.78, 5) is 20.3. The number of aliphatic hydroxyl groups excluding tert-OH is 1. The molecule has 0 saturated carbocycles. The Balaban J connectivity index is 3.60. The van der Waals surface area contributed by atoms with E-state index in [2.05, 4.69) is 10.5 Å². The Morgan fingerprint density at radius 3 is 2.55 bits per heavy atom. The molecule has 0 spiro atoms. The lowest BCUT2D eigenvalue weighted by Crippen LogP contribution is -2.42. The van der Waals surface area contributed by atoms with Gasteiger partial charge in [-0.25, -0.2) is 4.79 Å². The van der Waals surface area contributed by atoms with Crippen molar-refractivity contribution in [2.45, 2.75) is 6.41 Å². The number of carbonyl (C=O) groups excluding carboxylic acids is 2. The van der Waals surface area contributed by atoms with Gasteiger partial charge in [-0.3, -0.25) is 10.1 Å². The molecule has 0 aromatic carbocycles. The average molecular weight is 163 g/mol. The number of aliphatic hydroxyl groups is 1. The Labute approximate surface area is 62.3 Å². The predicted octanol–water partition coefficient (Wildman–Crippen LogP) is -2.57. The van der Waals surface area contributed by atoms with E-state index in [0.29, 0.717) is 0 Å². The molecule has 2 amide bonds. The largest absolute Gasteiger partial charge is 0.415 e. The second-order valence-corrected chi connectivity index (χ2v) is 1.55. The summed E-state index contributed by atoms with van der Waals surface area (Å²) in [6.07, 6.45) is -1.73. The minimum absolute atomic E-state index is 0.377. The highest BCUT2D eigenvalue weighted by Gasteiger charge is 2.09. The van der Waals surface area contributed by atoms with E-state index in [1.165, 1.54) is 0 Å². The van der Waals surface area contributed by atoms with Crippen molar-refractivity contribution in [1.29, 1.82) is 0 Å². The van der Waals surface area contributed by atoms with Gasteiger partial charge in [-0.1, -0.05) is 0 Å². The van der Waals surface area contributed by atoms with Crippen molar-refractivity contribution in [3.8, 4) is 0 Å². The molecule has 11 heavy (non-hydrogen) atoms. The molecule has 6 N–H and O–H groups in total. The lowest BCUT2D eigenvalue weighted by Gasteiger charge is -2.10. The van der Waals surface area contributed by atoms with E-state index >= 15 is 0 Å². The summed E-state index contributed by atoms with van der Waals surface area (Å²) < 4.78 is 4.09. The van der Waals surface area contributed by atoms with Gasteiger partial charge in [0.15, 0.2) is 0 Å². The maximum atomic E-state index is 10.3. The Bertz CT molecular complexity index is 159. The summed E-state index contributed by atoms with van der Waals surface area (Å²) in [6.45, 7) is -0.377. The third-order valence-electron chi connectivity index (χ3n) is 0.675. The number of rotatable bonds is 3. The van der Waals surface area contributed by atoms with Crippen LogP contribution in [0.3, 0.4) is 0 Å². The van der Waals surface area contributed by atoms with Crippen LogP contribution in [0.25, 0.3) is 0 Å². The molecule has 0 aliphatic heterocycles. The zero-order valence-corrected chi connectivity index (χ0v) is 5.61. The smallest absolute Gasteiger partial charge is 0.323 e. The predicted molar refractivity (Wildman–Crippen MR) is 33.9 cm³/mol. The Morgan fingerprint density at radius 2 is 2.18 bits per heavy atom. The van der Waals surface area contributed by atoms with Crippen LogP contribution in [-0.2, 0) is 9.53 Å². The van der Waals surface area contributed by atoms with Crippen LogP contribution in [0, 0.1) is 0 Å². The monoisotopic (exact) mass is 163 g/mol. The fourth-order valence-corrected chi connectivity index (χ4v) is 0.324. The summed E-state index contributed by atoms with van der Waals surface area (Å²) in [6, 6.07) is -0.998. The van der Waals surface area contributed by atoms with E-state index in [9.17, 15) is 9.59 Å². The molecule has 0 aliphatic carbocycles. The van der Waals surface area contributed by atoms with Crippen molar-refractivity contribution in [3.63, 3.8) is 0 Å². The third-order valence-corrected chi connectivity index (χ3v) is 0.675. The van der Waals surface area contributed by atoms with Gasteiger partial charge in [0, 0.05) is 0 Å². The summed E-state index contributed by atoms with van der Waals surface area (Å²) in [5.41, 5.74) is 9.40. The quantitative estimate of drug-likeness (QED) is 0.268. The van der Waals surface area contributed by atoms with Gasteiger partial charge in [0.05, 0.1) is 6.54 Å². The highest BCUT2D eigenvalue weighted by atomic mass is 16.7. The molecule has 0 bridgehead atoms. The van der Waals surface area contributed by atoms with Gasteiger partial charge >= 0.3 is 12.0 Å². The number of ether oxygens (including phenoxy) is 1. The Hall–Kier alpha value is -1.34. The van der Waals surface area contributed by atoms with E-state index in [1.807, 2.05) is 0 Å². The van der Waals surface area contributed by atoms with Gasteiger partial charge in [-0.05, 0) is 0 Å². The molecular formula is C4H9N3O4. The zero-order valence-electron chi connectivity index (χ0n) is 5.61. The van der Waals surface area contributed by atoms with Gasteiger partial charge in [-0.15, -0.1) is 0 Å². The Kier molecular flexibility index (Phi) is 3.93. The number of nitrogens with one attached hydrogen (secondary N) is 1. The van der Waals surface area contributed by atoms with Crippen molar-refractivity contribution in [3.05, 3.63) is 0 Å². The molecule has 7 heteroatoms. The molecule has 0 saturated heterocycles. The highest BCUT2D eigenvalue weighted by molar-refractivity contribution is 5.73. The first kappa shape index (κ1) is 9.66. The van der Waals surface area contributed by atoms with Crippen LogP contribution in [0.2, 0.25) is 0 Å². The number of hydrogen-bond donors (Lipinski definition) is 4. The van der Waals surface area contributed by atoms with Crippen molar-refractivity contribution < 1.29 is 19.4 Å². The van der Waals surface area contributed by atoms with Gasteiger partial charge in [0.2, 0.25) is 0 Å². The first-order chi connectivity index (χ1) is 5.06. The molecule has 1 unspecified atom stereocenters.